The fourth-order valence-corrected chi connectivity index (χ4v) is 1.86. The number of nitrogens with zero attached hydrogens (tertiary/aromatic N) is 1. The molecule has 1 aromatic carbocycles. The quantitative estimate of drug-likeness (QED) is 0.828. The van der Waals surface area contributed by atoms with Gasteiger partial charge < -0.3 is 15.8 Å². The zero-order valence-electron chi connectivity index (χ0n) is 10.9. The number of nitrogens with one attached hydrogen (secondary N) is 1. The van der Waals surface area contributed by atoms with Crippen molar-refractivity contribution in [3.63, 3.8) is 0 Å². The van der Waals surface area contributed by atoms with E-state index in [0.717, 1.165) is 0 Å². The minimum Gasteiger partial charge on any atom is -0.484 e. The number of aromatic nitrogens is 1. The SMILES string of the molecule is NC(=S)COc1ccccc1NC(=O)c1ccncc1Cl. The van der Waals surface area contributed by atoms with Crippen LogP contribution in [0.25, 0.3) is 0 Å². The molecule has 0 radical (unpaired) electrons. The summed E-state index contributed by atoms with van der Waals surface area (Å²) in [5, 5.41) is 3.01. The molecule has 2 aromatic rings. The maximum atomic E-state index is 12.2. The van der Waals surface area contributed by atoms with E-state index in [1.165, 1.54) is 18.5 Å². The molecular formula is C14H12ClN3O2S. The monoisotopic (exact) mass is 321 g/mol. The third-order valence-corrected chi connectivity index (χ3v) is 2.94. The van der Waals surface area contributed by atoms with E-state index in [2.05, 4.69) is 10.3 Å². The van der Waals surface area contributed by atoms with E-state index in [-0.39, 0.29) is 22.5 Å². The normalized spacial score (nSPS) is 9.95. The average Bonchev–Trinajstić information content (AvgIpc) is 2.46. The number of hydrogen-bond acceptors (Lipinski definition) is 4. The molecule has 1 amide bonds. The van der Waals surface area contributed by atoms with Crippen molar-refractivity contribution in [2.24, 2.45) is 5.73 Å². The van der Waals surface area contributed by atoms with Crippen LogP contribution in [0.1, 0.15) is 10.4 Å². The number of halogens is 1. The summed E-state index contributed by atoms with van der Waals surface area (Å²) in [6.07, 6.45) is 2.90. The maximum Gasteiger partial charge on any atom is 0.257 e. The fourth-order valence-electron chi connectivity index (χ4n) is 1.59. The second-order valence-electron chi connectivity index (χ2n) is 4.06. The average molecular weight is 322 g/mol. The van der Waals surface area contributed by atoms with Crippen LogP contribution in [0.5, 0.6) is 5.75 Å². The Bertz CT molecular complexity index is 679. The molecule has 0 bridgehead atoms. The lowest BCUT2D eigenvalue weighted by atomic mass is 10.2. The van der Waals surface area contributed by atoms with Gasteiger partial charge in [-0.3, -0.25) is 9.78 Å². The van der Waals surface area contributed by atoms with Crippen molar-refractivity contribution in [1.82, 2.24) is 4.98 Å². The van der Waals surface area contributed by atoms with E-state index in [1.54, 1.807) is 24.3 Å². The Morgan fingerprint density at radius 1 is 1.38 bits per heavy atom. The molecule has 0 aliphatic rings. The smallest absolute Gasteiger partial charge is 0.257 e. The Hall–Kier alpha value is -2.18. The van der Waals surface area contributed by atoms with Crippen LogP contribution in [0.15, 0.2) is 42.7 Å². The fraction of sp³-hybridized carbons (Fsp3) is 0.0714. The first-order valence-corrected chi connectivity index (χ1v) is 6.77. The van der Waals surface area contributed by atoms with Gasteiger partial charge in [-0.1, -0.05) is 36.0 Å². The second-order valence-corrected chi connectivity index (χ2v) is 4.99. The van der Waals surface area contributed by atoms with Gasteiger partial charge in [0.2, 0.25) is 0 Å². The Morgan fingerprint density at radius 2 is 2.14 bits per heavy atom. The van der Waals surface area contributed by atoms with Gasteiger partial charge >= 0.3 is 0 Å². The van der Waals surface area contributed by atoms with E-state index in [0.29, 0.717) is 17.0 Å². The van der Waals surface area contributed by atoms with Gasteiger partial charge in [0, 0.05) is 12.4 Å². The van der Waals surface area contributed by atoms with Crippen LogP contribution in [0.4, 0.5) is 5.69 Å². The molecule has 0 aliphatic heterocycles. The maximum absolute atomic E-state index is 12.2. The van der Waals surface area contributed by atoms with E-state index < -0.39 is 0 Å². The zero-order valence-corrected chi connectivity index (χ0v) is 12.4. The summed E-state index contributed by atoms with van der Waals surface area (Å²) in [5.41, 5.74) is 6.23. The lowest BCUT2D eigenvalue weighted by Gasteiger charge is -2.12. The molecule has 5 nitrogen and oxygen atoms in total. The van der Waals surface area contributed by atoms with Crippen molar-refractivity contribution < 1.29 is 9.53 Å². The molecule has 3 N–H and O–H groups in total. The molecule has 21 heavy (non-hydrogen) atoms. The molecule has 7 heteroatoms. The number of pyridine rings is 1. The lowest BCUT2D eigenvalue weighted by molar-refractivity contribution is 0.102. The number of thiocarbonyl (C=S) groups is 1. The number of ether oxygens (including phenoxy) is 1. The molecule has 2 rings (SSSR count). The van der Waals surface area contributed by atoms with Crippen molar-refractivity contribution in [2.75, 3.05) is 11.9 Å². The van der Waals surface area contributed by atoms with Crippen LogP contribution in [-0.2, 0) is 0 Å². The first kappa shape index (κ1) is 15.2. The minimum absolute atomic E-state index is 0.0955. The van der Waals surface area contributed by atoms with E-state index in [9.17, 15) is 4.79 Å². The Morgan fingerprint density at radius 3 is 2.86 bits per heavy atom. The van der Waals surface area contributed by atoms with E-state index in [4.69, 9.17) is 34.3 Å². The predicted octanol–water partition coefficient (Wildman–Crippen LogP) is 2.65. The number of benzene rings is 1. The highest BCUT2D eigenvalue weighted by molar-refractivity contribution is 7.80. The van der Waals surface area contributed by atoms with Crippen LogP contribution in [0, 0.1) is 0 Å². The summed E-state index contributed by atoms with van der Waals surface area (Å²) in [6.45, 7) is 0.0955. The van der Waals surface area contributed by atoms with Crippen LogP contribution >= 0.6 is 23.8 Å². The number of anilines is 1. The molecule has 0 atom stereocenters. The van der Waals surface area contributed by atoms with Crippen molar-refractivity contribution in [2.45, 2.75) is 0 Å². The Kier molecular flexibility index (Phi) is 5.08. The summed E-state index contributed by atoms with van der Waals surface area (Å²) >= 11 is 10.7. The van der Waals surface area contributed by atoms with Gasteiger partial charge in [-0.15, -0.1) is 0 Å². The second kappa shape index (κ2) is 7.01. The van der Waals surface area contributed by atoms with Gasteiger partial charge in [-0.05, 0) is 18.2 Å². The molecule has 1 heterocycles. The summed E-state index contributed by atoms with van der Waals surface area (Å²) in [7, 11) is 0. The standard InChI is InChI=1S/C14H12ClN3O2S/c15-10-7-17-6-5-9(10)14(19)18-11-3-1-2-4-12(11)20-8-13(16)21/h1-7H,8H2,(H2,16,21)(H,18,19). The highest BCUT2D eigenvalue weighted by atomic mass is 35.5. The van der Waals surface area contributed by atoms with Gasteiger partial charge in [0.15, 0.2) is 0 Å². The number of hydrogen-bond donors (Lipinski definition) is 2. The van der Waals surface area contributed by atoms with Gasteiger partial charge in [-0.25, -0.2) is 0 Å². The summed E-state index contributed by atoms with van der Waals surface area (Å²) in [6, 6.07) is 8.52. The first-order chi connectivity index (χ1) is 10.1. The van der Waals surface area contributed by atoms with Crippen molar-refractivity contribution in [1.29, 1.82) is 0 Å². The number of carbonyl (C=O) groups is 1. The number of rotatable bonds is 5. The molecule has 0 spiro atoms. The van der Waals surface area contributed by atoms with Crippen LogP contribution in [0.3, 0.4) is 0 Å². The number of para-hydroxylation sites is 2. The molecule has 1 aromatic heterocycles. The van der Waals surface area contributed by atoms with Crippen LogP contribution in [0.2, 0.25) is 5.02 Å². The zero-order chi connectivity index (χ0) is 15.2. The summed E-state index contributed by atoms with van der Waals surface area (Å²) in [5.74, 6) is 0.123. The topological polar surface area (TPSA) is 77.2 Å². The third-order valence-electron chi connectivity index (χ3n) is 2.52. The van der Waals surface area contributed by atoms with Gasteiger partial charge in [0.1, 0.15) is 17.3 Å². The van der Waals surface area contributed by atoms with Crippen molar-refractivity contribution in [3.8, 4) is 5.75 Å². The van der Waals surface area contributed by atoms with Gasteiger partial charge in [0.25, 0.3) is 5.91 Å². The van der Waals surface area contributed by atoms with Crippen LogP contribution < -0.4 is 15.8 Å². The molecular weight excluding hydrogens is 310 g/mol. The van der Waals surface area contributed by atoms with Crippen molar-refractivity contribution >= 4 is 40.4 Å². The van der Waals surface area contributed by atoms with E-state index in [1.807, 2.05) is 0 Å². The largest absolute Gasteiger partial charge is 0.484 e. The highest BCUT2D eigenvalue weighted by Crippen LogP contribution is 2.25. The Balaban J connectivity index is 2.18. The molecule has 108 valence electrons. The Labute approximate surface area is 132 Å². The number of nitrogens with two attached hydrogens (primary N) is 1. The molecule has 0 aliphatic carbocycles. The third kappa shape index (κ3) is 4.14. The van der Waals surface area contributed by atoms with Crippen molar-refractivity contribution in [3.05, 3.63) is 53.3 Å². The summed E-state index contributed by atoms with van der Waals surface area (Å²) < 4.78 is 5.44. The molecule has 0 fully saturated rings. The first-order valence-electron chi connectivity index (χ1n) is 5.99. The number of carbonyl (C=O) groups excluding carboxylic acids is 1. The van der Waals surface area contributed by atoms with Crippen LogP contribution in [-0.4, -0.2) is 22.5 Å². The van der Waals surface area contributed by atoms with E-state index >= 15 is 0 Å². The molecule has 0 unspecified atom stereocenters. The number of amides is 1. The molecule has 0 saturated heterocycles. The predicted molar refractivity (Wildman–Crippen MR) is 85.9 cm³/mol. The highest BCUT2D eigenvalue weighted by Gasteiger charge is 2.12. The lowest BCUT2D eigenvalue weighted by Crippen LogP contribution is -2.19. The van der Waals surface area contributed by atoms with Gasteiger partial charge in [-0.2, -0.15) is 0 Å². The molecule has 0 saturated carbocycles. The van der Waals surface area contributed by atoms with Gasteiger partial charge in [0.05, 0.1) is 16.3 Å². The minimum atomic E-state index is -0.353. The summed E-state index contributed by atoms with van der Waals surface area (Å²) in [4.78, 5) is 16.3.